The molecule has 0 aliphatic heterocycles. The summed E-state index contributed by atoms with van der Waals surface area (Å²) in [7, 11) is 1.77. The first-order chi connectivity index (χ1) is 10.1. The molecule has 0 aliphatic rings. The topological polar surface area (TPSA) is 46.3 Å². The Morgan fingerprint density at radius 1 is 1.38 bits per heavy atom. The van der Waals surface area contributed by atoms with Crippen LogP contribution in [0.15, 0.2) is 40.3 Å². The summed E-state index contributed by atoms with van der Waals surface area (Å²) in [6.07, 6.45) is 1.75. The maximum absolute atomic E-state index is 12.5. The summed E-state index contributed by atoms with van der Waals surface area (Å²) >= 11 is 1.54. The number of carbonyl (C=O) groups is 1. The predicted molar refractivity (Wildman–Crippen MR) is 83.6 cm³/mol. The monoisotopic (exact) mass is 300 g/mol. The molecule has 108 valence electrons. The molecule has 0 fully saturated rings. The van der Waals surface area contributed by atoms with E-state index in [-0.39, 0.29) is 11.9 Å². The number of amides is 1. The minimum atomic E-state index is -0.133. The number of thiazole rings is 1. The Hall–Kier alpha value is -2.14. The molecule has 1 aromatic carbocycles. The number of carbonyl (C=O) groups excluding carboxylic acids is 1. The fraction of sp³-hybridized carbons (Fsp3) is 0.250. The van der Waals surface area contributed by atoms with Gasteiger partial charge in [0.1, 0.15) is 10.6 Å². The van der Waals surface area contributed by atoms with Crippen molar-refractivity contribution in [1.29, 1.82) is 0 Å². The molecule has 1 amide bonds. The van der Waals surface area contributed by atoms with Crippen LogP contribution in [0.5, 0.6) is 0 Å². The van der Waals surface area contributed by atoms with Crippen molar-refractivity contribution >= 4 is 28.2 Å². The van der Waals surface area contributed by atoms with Gasteiger partial charge in [-0.05, 0) is 32.0 Å². The third-order valence-electron chi connectivity index (χ3n) is 3.59. The van der Waals surface area contributed by atoms with Gasteiger partial charge in [-0.1, -0.05) is 11.6 Å². The van der Waals surface area contributed by atoms with Crippen LogP contribution in [0.2, 0.25) is 0 Å². The molecule has 1 atom stereocenters. The lowest BCUT2D eigenvalue weighted by atomic mass is 10.2. The van der Waals surface area contributed by atoms with Crippen LogP contribution in [0.4, 0.5) is 0 Å². The van der Waals surface area contributed by atoms with Gasteiger partial charge >= 0.3 is 0 Å². The Kier molecular flexibility index (Phi) is 3.51. The molecule has 0 N–H and O–H groups in total. The standard InChI is InChI=1S/C16H16N2O2S/c1-10-4-5-13-12(8-10)9-14(20-13)16(19)18(3)11(2)15-17-6-7-21-15/h4-9,11H,1-3H3/t11-/m1/s1. The first-order valence-corrected chi connectivity index (χ1v) is 7.61. The molecular formula is C16H16N2O2S. The number of benzene rings is 1. The van der Waals surface area contributed by atoms with E-state index >= 15 is 0 Å². The molecule has 0 aliphatic carbocycles. The maximum atomic E-state index is 12.5. The van der Waals surface area contributed by atoms with Gasteiger partial charge < -0.3 is 9.32 Å². The fourth-order valence-electron chi connectivity index (χ4n) is 2.22. The predicted octanol–water partition coefficient (Wildman–Crippen LogP) is 4.03. The zero-order valence-electron chi connectivity index (χ0n) is 12.2. The highest BCUT2D eigenvalue weighted by Gasteiger charge is 2.23. The van der Waals surface area contributed by atoms with E-state index in [0.29, 0.717) is 5.76 Å². The third-order valence-corrected chi connectivity index (χ3v) is 4.54. The Morgan fingerprint density at radius 2 is 2.19 bits per heavy atom. The Morgan fingerprint density at radius 3 is 2.90 bits per heavy atom. The smallest absolute Gasteiger partial charge is 0.289 e. The molecule has 0 saturated carbocycles. The Balaban J connectivity index is 1.89. The molecule has 0 saturated heterocycles. The van der Waals surface area contributed by atoms with Crippen LogP contribution in [0, 0.1) is 6.92 Å². The highest BCUT2D eigenvalue weighted by atomic mass is 32.1. The highest BCUT2D eigenvalue weighted by molar-refractivity contribution is 7.09. The Bertz CT molecular complexity index is 777. The molecule has 5 heteroatoms. The summed E-state index contributed by atoms with van der Waals surface area (Å²) in [5, 5.41) is 3.78. The molecule has 2 heterocycles. The molecule has 3 aromatic rings. The molecular weight excluding hydrogens is 284 g/mol. The van der Waals surface area contributed by atoms with E-state index < -0.39 is 0 Å². The van der Waals surface area contributed by atoms with Crippen LogP contribution in [-0.4, -0.2) is 22.8 Å². The minimum absolute atomic E-state index is 0.0764. The average Bonchev–Trinajstić information content (AvgIpc) is 3.13. The first kappa shape index (κ1) is 13.8. The number of fused-ring (bicyclic) bond motifs is 1. The van der Waals surface area contributed by atoms with E-state index in [9.17, 15) is 4.79 Å². The first-order valence-electron chi connectivity index (χ1n) is 6.73. The van der Waals surface area contributed by atoms with E-state index in [2.05, 4.69) is 4.98 Å². The lowest BCUT2D eigenvalue weighted by Crippen LogP contribution is -2.29. The van der Waals surface area contributed by atoms with Gasteiger partial charge in [0.15, 0.2) is 5.76 Å². The lowest BCUT2D eigenvalue weighted by molar-refractivity contribution is 0.0712. The van der Waals surface area contributed by atoms with Gasteiger partial charge in [0.2, 0.25) is 0 Å². The van der Waals surface area contributed by atoms with Gasteiger partial charge in [0.05, 0.1) is 6.04 Å². The molecule has 0 spiro atoms. The second-order valence-electron chi connectivity index (χ2n) is 5.11. The van der Waals surface area contributed by atoms with Crippen LogP contribution in [0.1, 0.15) is 34.1 Å². The number of furan rings is 1. The van der Waals surface area contributed by atoms with Crippen molar-refractivity contribution in [3.8, 4) is 0 Å². The van der Waals surface area contributed by atoms with E-state index in [0.717, 1.165) is 21.5 Å². The Labute approximate surface area is 127 Å². The molecule has 0 radical (unpaired) electrons. The molecule has 3 rings (SSSR count). The van der Waals surface area contributed by atoms with Crippen LogP contribution in [0.3, 0.4) is 0 Å². The second-order valence-corrected chi connectivity index (χ2v) is 6.04. The second kappa shape index (κ2) is 5.33. The number of rotatable bonds is 3. The van der Waals surface area contributed by atoms with E-state index in [1.165, 1.54) is 0 Å². The van der Waals surface area contributed by atoms with E-state index in [1.54, 1.807) is 35.5 Å². The molecule has 21 heavy (non-hydrogen) atoms. The molecule has 0 unspecified atom stereocenters. The SMILES string of the molecule is Cc1ccc2oc(C(=O)N(C)[C@H](C)c3nccs3)cc2c1. The van der Waals surface area contributed by atoms with E-state index in [1.807, 2.05) is 37.4 Å². The maximum Gasteiger partial charge on any atom is 0.289 e. The average molecular weight is 300 g/mol. The van der Waals surface area contributed by atoms with Crippen molar-refractivity contribution < 1.29 is 9.21 Å². The van der Waals surface area contributed by atoms with Crippen molar-refractivity contribution in [2.24, 2.45) is 0 Å². The van der Waals surface area contributed by atoms with Crippen molar-refractivity contribution in [2.45, 2.75) is 19.9 Å². The summed E-state index contributed by atoms with van der Waals surface area (Å²) in [5.74, 6) is 0.230. The van der Waals surface area contributed by atoms with Crippen LogP contribution in [-0.2, 0) is 0 Å². The van der Waals surface area contributed by atoms with Gasteiger partial charge in [0.25, 0.3) is 5.91 Å². The largest absolute Gasteiger partial charge is 0.451 e. The van der Waals surface area contributed by atoms with Crippen molar-refractivity contribution in [3.05, 3.63) is 52.2 Å². The summed E-state index contributed by atoms with van der Waals surface area (Å²) < 4.78 is 5.67. The summed E-state index contributed by atoms with van der Waals surface area (Å²) in [6, 6.07) is 7.61. The van der Waals surface area contributed by atoms with Crippen molar-refractivity contribution in [1.82, 2.24) is 9.88 Å². The summed E-state index contributed by atoms with van der Waals surface area (Å²) in [5.41, 5.74) is 1.88. The number of aromatic nitrogens is 1. The zero-order valence-corrected chi connectivity index (χ0v) is 13.0. The quantitative estimate of drug-likeness (QED) is 0.733. The van der Waals surface area contributed by atoms with Crippen molar-refractivity contribution in [3.63, 3.8) is 0 Å². The summed E-state index contributed by atoms with van der Waals surface area (Å²) in [4.78, 5) is 18.5. The zero-order chi connectivity index (χ0) is 15.0. The number of hydrogen-bond acceptors (Lipinski definition) is 4. The lowest BCUT2D eigenvalue weighted by Gasteiger charge is -2.21. The van der Waals surface area contributed by atoms with Gasteiger partial charge in [-0.15, -0.1) is 11.3 Å². The van der Waals surface area contributed by atoms with Crippen LogP contribution >= 0.6 is 11.3 Å². The summed E-state index contributed by atoms with van der Waals surface area (Å²) in [6.45, 7) is 3.98. The van der Waals surface area contributed by atoms with E-state index in [4.69, 9.17) is 4.42 Å². The molecule has 4 nitrogen and oxygen atoms in total. The van der Waals surface area contributed by atoms with Gasteiger partial charge in [0, 0.05) is 24.0 Å². The number of aryl methyl sites for hydroxylation is 1. The number of hydrogen-bond donors (Lipinski definition) is 0. The fourth-order valence-corrected chi connectivity index (χ4v) is 2.96. The minimum Gasteiger partial charge on any atom is -0.451 e. The molecule has 2 aromatic heterocycles. The van der Waals surface area contributed by atoms with Crippen LogP contribution < -0.4 is 0 Å². The van der Waals surface area contributed by atoms with Gasteiger partial charge in [-0.3, -0.25) is 4.79 Å². The third kappa shape index (κ3) is 2.56. The van der Waals surface area contributed by atoms with Crippen LogP contribution in [0.25, 0.3) is 11.0 Å². The number of nitrogens with zero attached hydrogens (tertiary/aromatic N) is 2. The van der Waals surface area contributed by atoms with Gasteiger partial charge in [-0.2, -0.15) is 0 Å². The molecule has 0 bridgehead atoms. The normalized spacial score (nSPS) is 12.5. The van der Waals surface area contributed by atoms with Crippen molar-refractivity contribution in [2.75, 3.05) is 7.05 Å². The highest BCUT2D eigenvalue weighted by Crippen LogP contribution is 2.25. The van der Waals surface area contributed by atoms with Gasteiger partial charge in [-0.25, -0.2) is 4.98 Å².